The van der Waals surface area contributed by atoms with E-state index in [-0.39, 0.29) is 11.9 Å². The number of hydrogen-bond acceptors (Lipinski definition) is 3. The van der Waals surface area contributed by atoms with E-state index in [1.807, 2.05) is 12.1 Å². The van der Waals surface area contributed by atoms with Gasteiger partial charge in [0.15, 0.2) is 0 Å². The summed E-state index contributed by atoms with van der Waals surface area (Å²) in [5.41, 5.74) is 8.31. The summed E-state index contributed by atoms with van der Waals surface area (Å²) in [5.74, 6) is 0.817. The number of ether oxygens (including phenoxy) is 1. The van der Waals surface area contributed by atoms with Gasteiger partial charge in [0.2, 0.25) is 5.91 Å². The molecule has 0 spiro atoms. The van der Waals surface area contributed by atoms with E-state index in [1.54, 1.807) is 7.05 Å². The Hall–Kier alpha value is -1.55. The van der Waals surface area contributed by atoms with Gasteiger partial charge in [0.05, 0.1) is 13.0 Å². The summed E-state index contributed by atoms with van der Waals surface area (Å²) in [6.45, 7) is 4.51. The van der Waals surface area contributed by atoms with Gasteiger partial charge in [-0.15, -0.1) is 0 Å². The van der Waals surface area contributed by atoms with Crippen LogP contribution < -0.4 is 15.8 Å². The molecule has 4 heteroatoms. The van der Waals surface area contributed by atoms with Crippen molar-refractivity contribution in [3.63, 3.8) is 0 Å². The highest BCUT2D eigenvalue weighted by Gasteiger charge is 2.09. The van der Waals surface area contributed by atoms with E-state index in [9.17, 15) is 4.79 Å². The Kier molecular flexibility index (Phi) is 6.36. The predicted molar refractivity (Wildman–Crippen MR) is 77.3 cm³/mol. The van der Waals surface area contributed by atoms with Crippen LogP contribution in [0.1, 0.15) is 30.9 Å². The van der Waals surface area contributed by atoms with Gasteiger partial charge in [-0.3, -0.25) is 4.79 Å². The van der Waals surface area contributed by atoms with E-state index in [0.29, 0.717) is 13.0 Å². The molecule has 1 aromatic rings. The number of amides is 1. The van der Waals surface area contributed by atoms with Gasteiger partial charge in [0, 0.05) is 13.1 Å². The molecule has 0 fully saturated rings. The maximum Gasteiger partial charge on any atom is 0.223 e. The van der Waals surface area contributed by atoms with E-state index in [1.165, 1.54) is 5.56 Å². The molecule has 0 bridgehead atoms. The second kappa shape index (κ2) is 7.79. The van der Waals surface area contributed by atoms with Crippen molar-refractivity contribution >= 4 is 5.91 Å². The molecule has 0 saturated carbocycles. The standard InChI is InChI=1S/C15H24N2O2/c1-4-13(16)10-12-9-11(2)5-6-14(12)19-8-7-15(18)17-3/h5-6,9,13H,4,7-8,10,16H2,1-3H3,(H,17,18). The average molecular weight is 264 g/mol. The lowest BCUT2D eigenvalue weighted by atomic mass is 10.0. The third-order valence-electron chi connectivity index (χ3n) is 3.09. The van der Waals surface area contributed by atoms with E-state index in [4.69, 9.17) is 10.5 Å². The van der Waals surface area contributed by atoms with E-state index in [2.05, 4.69) is 25.2 Å². The van der Waals surface area contributed by atoms with E-state index >= 15 is 0 Å². The van der Waals surface area contributed by atoms with Crippen molar-refractivity contribution in [2.45, 2.75) is 39.2 Å². The van der Waals surface area contributed by atoms with Crippen LogP contribution in [-0.4, -0.2) is 25.6 Å². The lowest BCUT2D eigenvalue weighted by molar-refractivity contribution is -0.121. The minimum Gasteiger partial charge on any atom is -0.493 e. The lowest BCUT2D eigenvalue weighted by Crippen LogP contribution is -2.22. The van der Waals surface area contributed by atoms with Crippen LogP contribution in [0.2, 0.25) is 0 Å². The Balaban J connectivity index is 2.67. The summed E-state index contributed by atoms with van der Waals surface area (Å²) in [6, 6.07) is 6.21. The van der Waals surface area contributed by atoms with Gasteiger partial charge in [-0.2, -0.15) is 0 Å². The molecule has 0 heterocycles. The minimum absolute atomic E-state index is 0.0149. The lowest BCUT2D eigenvalue weighted by Gasteiger charge is -2.15. The number of nitrogens with one attached hydrogen (secondary N) is 1. The fraction of sp³-hybridized carbons (Fsp3) is 0.533. The Morgan fingerprint density at radius 2 is 2.21 bits per heavy atom. The number of carbonyl (C=O) groups excluding carboxylic acids is 1. The number of rotatable bonds is 7. The Bertz CT molecular complexity index is 419. The maximum absolute atomic E-state index is 11.2. The van der Waals surface area contributed by atoms with E-state index < -0.39 is 0 Å². The van der Waals surface area contributed by atoms with Crippen molar-refractivity contribution < 1.29 is 9.53 Å². The summed E-state index contributed by atoms with van der Waals surface area (Å²) in [6.07, 6.45) is 2.10. The first-order valence-electron chi connectivity index (χ1n) is 6.75. The topological polar surface area (TPSA) is 64.3 Å². The van der Waals surface area contributed by atoms with Crippen LogP contribution in [0.5, 0.6) is 5.75 Å². The molecule has 4 nitrogen and oxygen atoms in total. The maximum atomic E-state index is 11.2. The molecule has 0 radical (unpaired) electrons. The fourth-order valence-electron chi connectivity index (χ4n) is 1.81. The van der Waals surface area contributed by atoms with Crippen LogP contribution in [0.4, 0.5) is 0 Å². The van der Waals surface area contributed by atoms with Gasteiger partial charge in [0.25, 0.3) is 0 Å². The number of benzene rings is 1. The van der Waals surface area contributed by atoms with Gasteiger partial charge >= 0.3 is 0 Å². The fourth-order valence-corrected chi connectivity index (χ4v) is 1.81. The van der Waals surface area contributed by atoms with Crippen LogP contribution in [0.3, 0.4) is 0 Å². The van der Waals surface area contributed by atoms with Crippen LogP contribution in [0.15, 0.2) is 18.2 Å². The van der Waals surface area contributed by atoms with Crippen LogP contribution in [-0.2, 0) is 11.2 Å². The largest absolute Gasteiger partial charge is 0.493 e. The summed E-state index contributed by atoms with van der Waals surface area (Å²) in [5, 5.41) is 2.58. The van der Waals surface area contributed by atoms with Crippen molar-refractivity contribution in [3.8, 4) is 5.75 Å². The van der Waals surface area contributed by atoms with E-state index in [0.717, 1.165) is 24.2 Å². The first kappa shape index (κ1) is 15.5. The smallest absolute Gasteiger partial charge is 0.223 e. The SMILES string of the molecule is CCC(N)Cc1cc(C)ccc1OCCC(=O)NC. The summed E-state index contributed by atoms with van der Waals surface area (Å²) in [4.78, 5) is 11.2. The molecule has 0 aliphatic heterocycles. The molecule has 0 saturated heterocycles. The molecule has 0 aliphatic carbocycles. The molecule has 19 heavy (non-hydrogen) atoms. The minimum atomic E-state index is -0.0149. The molecule has 1 rings (SSSR count). The Morgan fingerprint density at radius 3 is 2.84 bits per heavy atom. The summed E-state index contributed by atoms with van der Waals surface area (Å²) in [7, 11) is 1.62. The zero-order valence-corrected chi connectivity index (χ0v) is 12.0. The third-order valence-corrected chi connectivity index (χ3v) is 3.09. The van der Waals surface area contributed by atoms with Crippen molar-refractivity contribution in [1.29, 1.82) is 0 Å². The quantitative estimate of drug-likeness (QED) is 0.789. The highest BCUT2D eigenvalue weighted by Crippen LogP contribution is 2.22. The Labute approximate surface area is 115 Å². The zero-order chi connectivity index (χ0) is 14.3. The molecular weight excluding hydrogens is 240 g/mol. The normalized spacial score (nSPS) is 12.0. The number of carbonyl (C=O) groups is 1. The zero-order valence-electron chi connectivity index (χ0n) is 12.0. The number of aryl methyl sites for hydroxylation is 1. The van der Waals surface area contributed by atoms with Crippen molar-refractivity contribution in [2.75, 3.05) is 13.7 Å². The second-order valence-corrected chi connectivity index (χ2v) is 4.76. The molecule has 3 N–H and O–H groups in total. The molecule has 1 unspecified atom stereocenters. The number of hydrogen-bond donors (Lipinski definition) is 2. The van der Waals surface area contributed by atoms with Crippen molar-refractivity contribution in [1.82, 2.24) is 5.32 Å². The van der Waals surface area contributed by atoms with Crippen LogP contribution in [0.25, 0.3) is 0 Å². The molecule has 0 aliphatic rings. The summed E-state index contributed by atoms with van der Waals surface area (Å²) >= 11 is 0. The third kappa shape index (κ3) is 5.30. The molecule has 0 aromatic heterocycles. The average Bonchev–Trinajstić information content (AvgIpc) is 2.40. The first-order valence-corrected chi connectivity index (χ1v) is 6.75. The molecule has 106 valence electrons. The Morgan fingerprint density at radius 1 is 1.47 bits per heavy atom. The van der Waals surface area contributed by atoms with Crippen molar-refractivity contribution in [2.24, 2.45) is 5.73 Å². The van der Waals surface area contributed by atoms with Gasteiger partial charge in [-0.1, -0.05) is 24.6 Å². The molecule has 1 aromatic carbocycles. The van der Waals surface area contributed by atoms with Gasteiger partial charge in [0.1, 0.15) is 5.75 Å². The van der Waals surface area contributed by atoms with Gasteiger partial charge in [-0.25, -0.2) is 0 Å². The summed E-state index contributed by atoms with van der Waals surface area (Å²) < 4.78 is 5.69. The molecular formula is C15H24N2O2. The van der Waals surface area contributed by atoms with Crippen LogP contribution in [0, 0.1) is 6.92 Å². The van der Waals surface area contributed by atoms with Gasteiger partial charge in [-0.05, 0) is 31.4 Å². The second-order valence-electron chi connectivity index (χ2n) is 4.76. The van der Waals surface area contributed by atoms with Crippen molar-refractivity contribution in [3.05, 3.63) is 29.3 Å². The predicted octanol–water partition coefficient (Wildman–Crippen LogP) is 1.79. The number of nitrogens with two attached hydrogens (primary N) is 1. The molecule has 1 amide bonds. The first-order chi connectivity index (χ1) is 9.06. The molecule has 1 atom stereocenters. The monoisotopic (exact) mass is 264 g/mol. The van der Waals surface area contributed by atoms with Crippen LogP contribution >= 0.6 is 0 Å². The highest BCUT2D eigenvalue weighted by atomic mass is 16.5. The highest BCUT2D eigenvalue weighted by molar-refractivity contribution is 5.75. The van der Waals surface area contributed by atoms with Gasteiger partial charge < -0.3 is 15.8 Å².